The largest absolute Gasteiger partial charge is 0.480 e. The van der Waals surface area contributed by atoms with Crippen LogP contribution in [0.5, 0.6) is 0 Å². The van der Waals surface area contributed by atoms with Crippen molar-refractivity contribution in [1.29, 1.82) is 0 Å². The summed E-state index contributed by atoms with van der Waals surface area (Å²) in [7, 11) is 1.53. The predicted molar refractivity (Wildman–Crippen MR) is 97.0 cm³/mol. The molecule has 0 heterocycles. The molecule has 0 bridgehead atoms. The van der Waals surface area contributed by atoms with Crippen LogP contribution in [0, 0.1) is 5.82 Å². The maximum Gasteiger partial charge on any atom is 0.326 e. The molecule has 2 N–H and O–H groups in total. The number of carboxylic acids is 1. The number of rotatable bonds is 10. The van der Waals surface area contributed by atoms with Crippen molar-refractivity contribution in [3.8, 4) is 0 Å². The van der Waals surface area contributed by atoms with Gasteiger partial charge in [-0.05, 0) is 23.8 Å². The van der Waals surface area contributed by atoms with E-state index in [0.29, 0.717) is 13.2 Å². The first kappa shape index (κ1) is 20.5. The van der Waals surface area contributed by atoms with Gasteiger partial charge in [0.1, 0.15) is 11.9 Å². The van der Waals surface area contributed by atoms with Gasteiger partial charge >= 0.3 is 5.97 Å². The van der Waals surface area contributed by atoms with Crippen LogP contribution in [0.25, 0.3) is 0 Å². The molecule has 27 heavy (non-hydrogen) atoms. The first-order valence-electron chi connectivity index (χ1n) is 8.44. The Morgan fingerprint density at radius 3 is 2.56 bits per heavy atom. The lowest BCUT2D eigenvalue weighted by Crippen LogP contribution is -2.42. The third-order valence-corrected chi connectivity index (χ3v) is 3.88. The Balaban J connectivity index is 2.05. The molecule has 6 nitrogen and oxygen atoms in total. The second-order valence-corrected chi connectivity index (χ2v) is 5.91. The van der Waals surface area contributed by atoms with Gasteiger partial charge in [0, 0.05) is 24.7 Å². The summed E-state index contributed by atoms with van der Waals surface area (Å²) in [6.45, 7) is 0.661. The highest BCUT2D eigenvalue weighted by molar-refractivity contribution is 5.96. The minimum Gasteiger partial charge on any atom is -0.480 e. The topological polar surface area (TPSA) is 84.9 Å². The van der Waals surface area contributed by atoms with E-state index in [9.17, 15) is 19.1 Å². The maximum atomic E-state index is 13.9. The number of aliphatic carboxylic acids is 1. The van der Waals surface area contributed by atoms with Gasteiger partial charge in [0.25, 0.3) is 5.91 Å². The Labute approximate surface area is 156 Å². The van der Waals surface area contributed by atoms with Crippen LogP contribution in [0.1, 0.15) is 21.5 Å². The average Bonchev–Trinajstić information content (AvgIpc) is 2.66. The van der Waals surface area contributed by atoms with Gasteiger partial charge in [-0.15, -0.1) is 0 Å². The number of benzene rings is 2. The molecule has 2 aromatic rings. The summed E-state index contributed by atoms with van der Waals surface area (Å²) < 4.78 is 24.0. The molecule has 0 saturated carbocycles. The molecular weight excluding hydrogens is 353 g/mol. The molecule has 0 spiro atoms. The monoisotopic (exact) mass is 375 g/mol. The van der Waals surface area contributed by atoms with Crippen LogP contribution < -0.4 is 5.32 Å². The molecule has 1 unspecified atom stereocenters. The zero-order chi connectivity index (χ0) is 19.6. The van der Waals surface area contributed by atoms with Gasteiger partial charge in [0.15, 0.2) is 0 Å². The highest BCUT2D eigenvalue weighted by atomic mass is 19.1. The molecule has 7 heteroatoms. The Morgan fingerprint density at radius 1 is 1.15 bits per heavy atom. The van der Waals surface area contributed by atoms with Crippen molar-refractivity contribution in [2.75, 3.05) is 20.3 Å². The van der Waals surface area contributed by atoms with Crippen LogP contribution in [0.2, 0.25) is 0 Å². The Bertz CT molecular complexity index is 766. The molecular formula is C20H22FNO5. The number of ether oxygens (including phenoxy) is 2. The number of carboxylic acid groups (broad SMARTS) is 1. The van der Waals surface area contributed by atoms with E-state index in [1.165, 1.54) is 19.2 Å². The van der Waals surface area contributed by atoms with E-state index in [0.717, 1.165) is 11.6 Å². The summed E-state index contributed by atoms with van der Waals surface area (Å²) >= 11 is 0. The lowest BCUT2D eigenvalue weighted by Gasteiger charge is -2.15. The van der Waals surface area contributed by atoms with Crippen molar-refractivity contribution in [3.05, 3.63) is 71.0 Å². The van der Waals surface area contributed by atoms with E-state index in [1.807, 2.05) is 6.07 Å². The number of nitrogens with one attached hydrogen (secondary N) is 1. The van der Waals surface area contributed by atoms with E-state index in [2.05, 4.69) is 5.32 Å². The molecule has 0 fully saturated rings. The van der Waals surface area contributed by atoms with Crippen LogP contribution in [0.3, 0.4) is 0 Å². The second-order valence-electron chi connectivity index (χ2n) is 5.91. The number of methoxy groups -OCH3 is 1. The first-order valence-corrected chi connectivity index (χ1v) is 8.44. The fraction of sp³-hybridized carbons (Fsp3) is 0.300. The molecule has 1 atom stereocenters. The number of carbonyl (C=O) groups is 2. The number of amides is 1. The van der Waals surface area contributed by atoms with Gasteiger partial charge in [-0.3, -0.25) is 4.79 Å². The molecule has 0 aliphatic heterocycles. The van der Waals surface area contributed by atoms with Crippen molar-refractivity contribution in [2.24, 2.45) is 0 Å². The Morgan fingerprint density at radius 2 is 1.89 bits per heavy atom. The van der Waals surface area contributed by atoms with Crippen LogP contribution in [0.4, 0.5) is 4.39 Å². The molecule has 1 amide bonds. The lowest BCUT2D eigenvalue weighted by molar-refractivity contribution is -0.139. The highest BCUT2D eigenvalue weighted by Crippen LogP contribution is 2.13. The van der Waals surface area contributed by atoms with Gasteiger partial charge in [0.2, 0.25) is 0 Å². The number of hydrogen-bond donors (Lipinski definition) is 2. The summed E-state index contributed by atoms with van der Waals surface area (Å²) in [5.74, 6) is -2.23. The summed E-state index contributed by atoms with van der Waals surface area (Å²) in [6, 6.07) is 11.7. The van der Waals surface area contributed by atoms with Crippen molar-refractivity contribution in [2.45, 2.75) is 19.1 Å². The minimum absolute atomic E-state index is 0.0112. The fourth-order valence-electron chi connectivity index (χ4n) is 2.44. The molecule has 144 valence electrons. The lowest BCUT2D eigenvalue weighted by atomic mass is 10.0. The third-order valence-electron chi connectivity index (χ3n) is 3.88. The molecule has 2 rings (SSSR count). The van der Waals surface area contributed by atoms with Crippen molar-refractivity contribution in [1.82, 2.24) is 5.32 Å². The number of carbonyl (C=O) groups excluding carboxylic acids is 1. The standard InChI is InChI=1S/C20H22FNO5/c1-26-9-10-27-13-16-12-15(7-8-17(16)21)19(23)22-18(20(24)25)11-14-5-3-2-4-6-14/h2-8,12,18H,9-11,13H2,1H3,(H,22,23)(H,24,25). The Kier molecular flexibility index (Phi) is 7.91. The van der Waals surface area contributed by atoms with E-state index in [-0.39, 0.29) is 24.2 Å². The molecule has 0 saturated heterocycles. The summed E-state index contributed by atoms with van der Waals surface area (Å²) in [5, 5.41) is 11.9. The summed E-state index contributed by atoms with van der Waals surface area (Å²) in [5.41, 5.74) is 1.17. The molecule has 0 aromatic heterocycles. The van der Waals surface area contributed by atoms with Crippen LogP contribution in [0.15, 0.2) is 48.5 Å². The number of hydrogen-bond acceptors (Lipinski definition) is 4. The zero-order valence-electron chi connectivity index (χ0n) is 15.0. The van der Waals surface area contributed by atoms with Gasteiger partial charge in [-0.25, -0.2) is 9.18 Å². The third kappa shape index (κ3) is 6.47. The average molecular weight is 375 g/mol. The van der Waals surface area contributed by atoms with E-state index >= 15 is 0 Å². The predicted octanol–water partition coefficient (Wildman–Crippen LogP) is 2.41. The van der Waals surface area contributed by atoms with Crippen molar-refractivity contribution < 1.29 is 28.6 Å². The van der Waals surface area contributed by atoms with Gasteiger partial charge in [-0.1, -0.05) is 30.3 Å². The normalized spacial score (nSPS) is 11.8. The van der Waals surface area contributed by atoms with Gasteiger partial charge in [-0.2, -0.15) is 0 Å². The second kappa shape index (κ2) is 10.4. The van der Waals surface area contributed by atoms with Crippen LogP contribution in [-0.4, -0.2) is 43.3 Å². The first-order chi connectivity index (χ1) is 13.0. The quantitative estimate of drug-likeness (QED) is 0.623. The smallest absolute Gasteiger partial charge is 0.326 e. The highest BCUT2D eigenvalue weighted by Gasteiger charge is 2.21. The zero-order valence-corrected chi connectivity index (χ0v) is 15.0. The van der Waals surface area contributed by atoms with Crippen LogP contribution >= 0.6 is 0 Å². The minimum atomic E-state index is -1.14. The maximum absolute atomic E-state index is 13.9. The molecule has 0 radical (unpaired) electrons. The van der Waals surface area contributed by atoms with E-state index in [4.69, 9.17) is 9.47 Å². The fourth-order valence-corrected chi connectivity index (χ4v) is 2.44. The van der Waals surface area contributed by atoms with Crippen LogP contribution in [-0.2, 0) is 27.3 Å². The summed E-state index contributed by atoms with van der Waals surface area (Å²) in [6.07, 6.45) is 0.149. The Hall–Kier alpha value is -2.77. The van der Waals surface area contributed by atoms with Crippen molar-refractivity contribution in [3.63, 3.8) is 0 Å². The van der Waals surface area contributed by atoms with Gasteiger partial charge in [0.05, 0.1) is 19.8 Å². The van der Waals surface area contributed by atoms with E-state index < -0.39 is 23.7 Å². The molecule has 0 aliphatic carbocycles. The van der Waals surface area contributed by atoms with Crippen molar-refractivity contribution >= 4 is 11.9 Å². The van der Waals surface area contributed by atoms with E-state index in [1.54, 1.807) is 24.3 Å². The SMILES string of the molecule is COCCOCc1cc(C(=O)NC(Cc2ccccc2)C(=O)O)ccc1F. The number of halogens is 1. The van der Waals surface area contributed by atoms with Gasteiger partial charge < -0.3 is 19.9 Å². The molecule has 0 aliphatic rings. The molecule has 2 aromatic carbocycles. The summed E-state index contributed by atoms with van der Waals surface area (Å²) in [4.78, 5) is 23.9.